The van der Waals surface area contributed by atoms with Crippen molar-refractivity contribution in [2.45, 2.75) is 6.42 Å². The van der Waals surface area contributed by atoms with Gasteiger partial charge in [-0.1, -0.05) is 6.07 Å². The summed E-state index contributed by atoms with van der Waals surface area (Å²) in [5, 5.41) is 16.1. The highest BCUT2D eigenvalue weighted by Gasteiger charge is 2.21. The van der Waals surface area contributed by atoms with Crippen LogP contribution in [0.5, 0.6) is 5.75 Å². The first kappa shape index (κ1) is 25.3. The van der Waals surface area contributed by atoms with Gasteiger partial charge in [0.2, 0.25) is 11.8 Å². The molecule has 0 saturated carbocycles. The third-order valence-electron chi connectivity index (χ3n) is 4.52. The Balaban J connectivity index is 1.96. The van der Waals surface area contributed by atoms with Gasteiger partial charge in [-0.15, -0.1) is 0 Å². The maximum Gasteiger partial charge on any atom is 0.270 e. The summed E-state index contributed by atoms with van der Waals surface area (Å²) in [7, 11) is 3.05. The topological polar surface area (TPSA) is 140 Å². The molecule has 0 aliphatic carbocycles. The average molecular weight is 458 g/mol. The van der Waals surface area contributed by atoms with Crippen LogP contribution in [0.2, 0.25) is 0 Å². The number of amides is 3. The Bertz CT molecular complexity index is 979. The van der Waals surface area contributed by atoms with Gasteiger partial charge in [0, 0.05) is 43.6 Å². The molecule has 0 unspecified atom stereocenters. The highest BCUT2D eigenvalue weighted by molar-refractivity contribution is 5.98. The molecule has 0 aliphatic rings. The maximum absolute atomic E-state index is 12.9. The summed E-state index contributed by atoms with van der Waals surface area (Å²) >= 11 is 0. The molecule has 0 heterocycles. The van der Waals surface area contributed by atoms with Crippen LogP contribution in [0, 0.1) is 10.1 Å². The summed E-state index contributed by atoms with van der Waals surface area (Å²) in [4.78, 5) is 49.0. The molecular weight excluding hydrogens is 432 g/mol. The molecule has 0 aliphatic heterocycles. The summed E-state index contributed by atoms with van der Waals surface area (Å²) in [6, 6.07) is 12.0. The van der Waals surface area contributed by atoms with Crippen LogP contribution in [-0.4, -0.2) is 68.0 Å². The minimum Gasteiger partial charge on any atom is -0.497 e. The second-order valence-electron chi connectivity index (χ2n) is 6.93. The first-order valence-electron chi connectivity index (χ1n) is 10.1. The van der Waals surface area contributed by atoms with E-state index in [2.05, 4.69) is 10.6 Å². The lowest BCUT2D eigenvalue weighted by Gasteiger charge is -2.22. The lowest BCUT2D eigenvalue weighted by molar-refractivity contribution is -0.384. The van der Waals surface area contributed by atoms with Crippen molar-refractivity contribution in [3.63, 3.8) is 0 Å². The Morgan fingerprint density at radius 1 is 1.06 bits per heavy atom. The third-order valence-corrected chi connectivity index (χ3v) is 4.52. The predicted octanol–water partition coefficient (Wildman–Crippen LogP) is 1.84. The van der Waals surface area contributed by atoms with Crippen LogP contribution < -0.4 is 15.4 Å². The van der Waals surface area contributed by atoms with Crippen LogP contribution in [0.4, 0.5) is 11.4 Å². The molecule has 0 atom stereocenters. The van der Waals surface area contributed by atoms with Gasteiger partial charge in [-0.05, 0) is 36.8 Å². The zero-order valence-electron chi connectivity index (χ0n) is 18.4. The smallest absolute Gasteiger partial charge is 0.270 e. The van der Waals surface area contributed by atoms with Crippen LogP contribution in [-0.2, 0) is 14.3 Å². The minimum absolute atomic E-state index is 0.0895. The van der Waals surface area contributed by atoms with E-state index in [0.717, 1.165) is 6.07 Å². The minimum atomic E-state index is -0.597. The molecule has 33 heavy (non-hydrogen) atoms. The Kier molecular flexibility index (Phi) is 9.78. The van der Waals surface area contributed by atoms with Gasteiger partial charge >= 0.3 is 0 Å². The second-order valence-corrected chi connectivity index (χ2v) is 6.93. The SMILES string of the molecule is COCCCN(CC(=O)NCC(=O)Nc1ccc(OC)cc1)C(=O)c1cccc([N+](=O)[O-])c1. The quantitative estimate of drug-likeness (QED) is 0.281. The summed E-state index contributed by atoms with van der Waals surface area (Å²) in [6.45, 7) is -0.0474. The number of benzene rings is 2. The van der Waals surface area contributed by atoms with Gasteiger partial charge in [0.25, 0.3) is 11.6 Å². The summed E-state index contributed by atoms with van der Waals surface area (Å²) in [5.74, 6) is -0.878. The number of nitro benzene ring substituents is 1. The standard InChI is InChI=1S/C22H26N4O7/c1-32-12-4-11-25(22(29)16-5-3-6-18(13-16)26(30)31)15-21(28)23-14-20(27)24-17-7-9-19(33-2)10-8-17/h3,5-10,13H,4,11-12,14-15H2,1-2H3,(H,23,28)(H,24,27). The molecule has 0 aromatic heterocycles. The zero-order chi connectivity index (χ0) is 24.2. The van der Waals surface area contributed by atoms with Crippen molar-refractivity contribution in [3.05, 3.63) is 64.2 Å². The van der Waals surface area contributed by atoms with Crippen LogP contribution in [0.25, 0.3) is 0 Å². The van der Waals surface area contributed by atoms with E-state index in [4.69, 9.17) is 9.47 Å². The number of hydrogen-bond donors (Lipinski definition) is 2. The number of anilines is 1. The molecule has 2 N–H and O–H groups in total. The number of nitrogens with one attached hydrogen (secondary N) is 2. The first-order valence-corrected chi connectivity index (χ1v) is 10.1. The molecule has 0 bridgehead atoms. The summed E-state index contributed by atoms with van der Waals surface area (Å²) in [5.41, 5.74) is 0.404. The van der Waals surface area contributed by atoms with Gasteiger partial charge < -0.3 is 25.0 Å². The molecule has 0 fully saturated rings. The van der Waals surface area contributed by atoms with Crippen molar-refractivity contribution < 1.29 is 28.8 Å². The number of carbonyl (C=O) groups is 3. The molecular formula is C22H26N4O7. The number of nitro groups is 1. The lowest BCUT2D eigenvalue weighted by atomic mass is 10.1. The van der Waals surface area contributed by atoms with E-state index in [1.54, 1.807) is 24.3 Å². The Morgan fingerprint density at radius 3 is 2.42 bits per heavy atom. The van der Waals surface area contributed by atoms with E-state index < -0.39 is 22.6 Å². The average Bonchev–Trinajstić information content (AvgIpc) is 2.82. The van der Waals surface area contributed by atoms with E-state index in [-0.39, 0.29) is 30.9 Å². The Morgan fingerprint density at radius 2 is 1.79 bits per heavy atom. The van der Waals surface area contributed by atoms with Crippen LogP contribution in [0.15, 0.2) is 48.5 Å². The van der Waals surface area contributed by atoms with Gasteiger partial charge in [-0.3, -0.25) is 24.5 Å². The normalized spacial score (nSPS) is 10.2. The largest absolute Gasteiger partial charge is 0.497 e. The Labute approximate surface area is 190 Å². The zero-order valence-corrected chi connectivity index (χ0v) is 18.4. The van der Waals surface area contributed by atoms with E-state index in [1.807, 2.05) is 0 Å². The van der Waals surface area contributed by atoms with Gasteiger partial charge in [0.05, 0.1) is 25.1 Å². The number of rotatable bonds is 12. The number of non-ortho nitro benzene ring substituents is 1. The van der Waals surface area contributed by atoms with Crippen LogP contribution in [0.1, 0.15) is 16.8 Å². The summed E-state index contributed by atoms with van der Waals surface area (Å²) in [6.07, 6.45) is 0.461. The van der Waals surface area contributed by atoms with Gasteiger partial charge in [-0.25, -0.2) is 0 Å². The molecule has 176 valence electrons. The van der Waals surface area contributed by atoms with Crippen LogP contribution >= 0.6 is 0 Å². The van der Waals surface area contributed by atoms with Crippen molar-refractivity contribution in [1.29, 1.82) is 0 Å². The predicted molar refractivity (Wildman–Crippen MR) is 120 cm³/mol. The fourth-order valence-corrected chi connectivity index (χ4v) is 2.87. The fourth-order valence-electron chi connectivity index (χ4n) is 2.87. The summed E-state index contributed by atoms with van der Waals surface area (Å²) < 4.78 is 10.0. The number of nitrogens with zero attached hydrogens (tertiary/aromatic N) is 2. The van der Waals surface area contributed by atoms with Gasteiger partial charge in [0.15, 0.2) is 0 Å². The van der Waals surface area contributed by atoms with E-state index >= 15 is 0 Å². The number of carbonyl (C=O) groups excluding carboxylic acids is 3. The maximum atomic E-state index is 12.9. The molecule has 0 saturated heterocycles. The van der Waals surface area contributed by atoms with Crippen molar-refractivity contribution in [3.8, 4) is 5.75 Å². The van der Waals surface area contributed by atoms with Crippen molar-refractivity contribution >= 4 is 29.1 Å². The van der Waals surface area contributed by atoms with Crippen LogP contribution in [0.3, 0.4) is 0 Å². The molecule has 11 heteroatoms. The van der Waals surface area contributed by atoms with Crippen molar-refractivity contribution in [2.24, 2.45) is 0 Å². The lowest BCUT2D eigenvalue weighted by Crippen LogP contribution is -2.43. The molecule has 0 radical (unpaired) electrons. The van der Waals surface area contributed by atoms with Gasteiger partial charge in [-0.2, -0.15) is 0 Å². The number of ether oxygens (including phenoxy) is 2. The molecule has 3 amide bonds. The molecule has 2 rings (SSSR count). The molecule has 2 aromatic carbocycles. The molecule has 0 spiro atoms. The first-order chi connectivity index (χ1) is 15.8. The van der Waals surface area contributed by atoms with E-state index in [1.165, 1.54) is 37.3 Å². The third kappa shape index (κ3) is 8.22. The van der Waals surface area contributed by atoms with E-state index in [9.17, 15) is 24.5 Å². The number of methoxy groups -OCH3 is 2. The molecule has 11 nitrogen and oxygen atoms in total. The van der Waals surface area contributed by atoms with E-state index in [0.29, 0.717) is 24.5 Å². The Hall–Kier alpha value is -3.99. The second kappa shape index (κ2) is 12.8. The van der Waals surface area contributed by atoms with Crippen molar-refractivity contribution in [2.75, 3.05) is 45.8 Å². The molecule has 2 aromatic rings. The highest BCUT2D eigenvalue weighted by atomic mass is 16.6. The number of hydrogen-bond acceptors (Lipinski definition) is 7. The monoisotopic (exact) mass is 458 g/mol. The van der Waals surface area contributed by atoms with Gasteiger partial charge in [0.1, 0.15) is 5.75 Å². The van der Waals surface area contributed by atoms with Crippen molar-refractivity contribution in [1.82, 2.24) is 10.2 Å². The fraction of sp³-hybridized carbons (Fsp3) is 0.318. The highest BCUT2D eigenvalue weighted by Crippen LogP contribution is 2.16.